The first kappa shape index (κ1) is 26.2. The predicted molar refractivity (Wildman–Crippen MR) is 143 cm³/mol. The third-order valence-electron chi connectivity index (χ3n) is 5.76. The lowest BCUT2D eigenvalue weighted by Gasteiger charge is -2.15. The van der Waals surface area contributed by atoms with E-state index in [2.05, 4.69) is 24.5 Å². The van der Waals surface area contributed by atoms with E-state index in [1.165, 1.54) is 28.5 Å². The van der Waals surface area contributed by atoms with Gasteiger partial charge in [0.15, 0.2) is 5.76 Å². The Balaban J connectivity index is 1.59. The summed E-state index contributed by atoms with van der Waals surface area (Å²) in [6, 6.07) is 18.1. The molecular weight excluding hydrogens is 490 g/mol. The van der Waals surface area contributed by atoms with E-state index in [0.717, 1.165) is 5.69 Å². The number of anilines is 2. The first-order valence-corrected chi connectivity index (χ1v) is 12.8. The molecule has 0 radical (unpaired) electrons. The lowest BCUT2D eigenvalue weighted by atomic mass is 10.0. The van der Waals surface area contributed by atoms with E-state index in [1.54, 1.807) is 37.4 Å². The first-order valence-electron chi connectivity index (χ1n) is 12.0. The van der Waals surface area contributed by atoms with Crippen LogP contribution < -0.4 is 10.6 Å². The minimum atomic E-state index is -0.380. The Bertz CT molecular complexity index is 1300. The molecule has 1 aliphatic heterocycles. The Hall–Kier alpha value is -3.82. The lowest BCUT2D eigenvalue weighted by Crippen LogP contribution is -2.33. The number of nitrogens with zero attached hydrogens (tertiary/aromatic N) is 1. The van der Waals surface area contributed by atoms with Crippen molar-refractivity contribution in [2.75, 3.05) is 30.9 Å². The van der Waals surface area contributed by atoms with Gasteiger partial charge < -0.3 is 19.8 Å². The third kappa shape index (κ3) is 6.31. The van der Waals surface area contributed by atoms with Gasteiger partial charge in [-0.25, -0.2) is 0 Å². The van der Waals surface area contributed by atoms with Crippen LogP contribution in [0.3, 0.4) is 0 Å². The number of thioether (sulfide) groups is 1. The number of nitrogens with one attached hydrogen (secondary N) is 2. The second-order valence-electron chi connectivity index (χ2n) is 8.78. The quantitative estimate of drug-likeness (QED) is 0.256. The molecule has 2 heterocycles. The molecule has 0 fully saturated rings. The zero-order valence-corrected chi connectivity index (χ0v) is 21.8. The molecule has 0 aliphatic carbocycles. The van der Waals surface area contributed by atoms with Crippen molar-refractivity contribution in [3.05, 3.63) is 88.9 Å². The van der Waals surface area contributed by atoms with Gasteiger partial charge in [0.25, 0.3) is 17.7 Å². The van der Waals surface area contributed by atoms with E-state index in [9.17, 15) is 14.4 Å². The number of hydrogen-bond donors (Lipinski definition) is 2. The van der Waals surface area contributed by atoms with Crippen molar-refractivity contribution in [1.29, 1.82) is 0 Å². The summed E-state index contributed by atoms with van der Waals surface area (Å²) in [5, 5.41) is 5.96. The van der Waals surface area contributed by atoms with Crippen LogP contribution in [-0.2, 0) is 14.3 Å². The molecule has 0 unspecified atom stereocenters. The summed E-state index contributed by atoms with van der Waals surface area (Å²) in [5.74, 6) is -0.545. The van der Waals surface area contributed by atoms with Crippen LogP contribution in [0.25, 0.3) is 0 Å². The molecule has 37 heavy (non-hydrogen) atoms. The molecule has 2 N–H and O–H groups in total. The van der Waals surface area contributed by atoms with Crippen LogP contribution in [0.2, 0.25) is 0 Å². The number of ether oxygens (including phenoxy) is 1. The Labute approximate surface area is 220 Å². The fraction of sp³-hybridized carbons (Fsp3) is 0.250. The molecule has 3 amide bonds. The topological polar surface area (TPSA) is 101 Å². The van der Waals surface area contributed by atoms with E-state index in [4.69, 9.17) is 9.15 Å². The molecule has 0 spiro atoms. The van der Waals surface area contributed by atoms with Crippen LogP contribution in [0.4, 0.5) is 11.4 Å². The molecule has 0 atom stereocenters. The number of hydrogen-bond acceptors (Lipinski definition) is 7. The molecule has 1 aromatic heterocycles. The molecule has 192 valence electrons. The number of furan rings is 1. The zero-order chi connectivity index (χ0) is 26.4. The van der Waals surface area contributed by atoms with Gasteiger partial charge in [0.2, 0.25) is 0 Å². The highest BCUT2D eigenvalue weighted by Gasteiger charge is 2.38. The second kappa shape index (κ2) is 11.9. The highest BCUT2D eigenvalue weighted by molar-refractivity contribution is 8.04. The van der Waals surface area contributed by atoms with Crippen molar-refractivity contribution in [3.8, 4) is 0 Å². The molecule has 4 rings (SSSR count). The third-order valence-corrected chi connectivity index (χ3v) is 6.83. The Morgan fingerprint density at radius 3 is 2.49 bits per heavy atom. The SMILES string of the molecule is COCCCN1C(=O)C(Nc2ccc(C(C)C)cc2)=C(Sc2cccc(NC(=O)c3ccco3)c2)C1=O. The van der Waals surface area contributed by atoms with E-state index in [0.29, 0.717) is 34.4 Å². The van der Waals surface area contributed by atoms with Gasteiger partial charge in [-0.1, -0.05) is 43.8 Å². The van der Waals surface area contributed by atoms with Gasteiger partial charge >= 0.3 is 0 Å². The summed E-state index contributed by atoms with van der Waals surface area (Å²) in [7, 11) is 1.58. The van der Waals surface area contributed by atoms with Crippen LogP contribution in [0.5, 0.6) is 0 Å². The fourth-order valence-electron chi connectivity index (χ4n) is 3.78. The summed E-state index contributed by atoms with van der Waals surface area (Å²) in [5.41, 5.74) is 2.67. The monoisotopic (exact) mass is 519 g/mol. The lowest BCUT2D eigenvalue weighted by molar-refractivity contribution is -0.137. The molecule has 2 aromatic carbocycles. The molecule has 0 saturated carbocycles. The van der Waals surface area contributed by atoms with Gasteiger partial charge in [-0.05, 0) is 60.4 Å². The van der Waals surface area contributed by atoms with Gasteiger partial charge in [-0.15, -0.1) is 0 Å². The maximum absolute atomic E-state index is 13.3. The van der Waals surface area contributed by atoms with Crippen LogP contribution in [0.1, 0.15) is 42.3 Å². The molecule has 9 heteroatoms. The van der Waals surface area contributed by atoms with E-state index in [-0.39, 0.29) is 35.7 Å². The smallest absolute Gasteiger partial charge is 0.291 e. The molecule has 0 saturated heterocycles. The van der Waals surface area contributed by atoms with Gasteiger partial charge in [0, 0.05) is 36.5 Å². The average Bonchev–Trinajstić information content (AvgIpc) is 3.50. The van der Waals surface area contributed by atoms with Gasteiger partial charge in [-0.3, -0.25) is 19.3 Å². The molecule has 1 aliphatic rings. The Morgan fingerprint density at radius 1 is 1.03 bits per heavy atom. The number of imide groups is 1. The summed E-state index contributed by atoms with van der Waals surface area (Å²) in [4.78, 5) is 41.2. The minimum absolute atomic E-state index is 0.194. The fourth-order valence-corrected chi connectivity index (χ4v) is 4.79. The number of methoxy groups -OCH3 is 1. The summed E-state index contributed by atoms with van der Waals surface area (Å²) >= 11 is 1.18. The number of rotatable bonds is 11. The van der Waals surface area contributed by atoms with Crippen molar-refractivity contribution in [3.63, 3.8) is 0 Å². The van der Waals surface area contributed by atoms with E-state index < -0.39 is 0 Å². The van der Waals surface area contributed by atoms with Crippen molar-refractivity contribution >= 4 is 40.9 Å². The van der Waals surface area contributed by atoms with Gasteiger partial charge in [0.05, 0.1) is 6.26 Å². The molecule has 3 aromatic rings. The largest absolute Gasteiger partial charge is 0.459 e. The number of benzene rings is 2. The molecule has 8 nitrogen and oxygen atoms in total. The highest BCUT2D eigenvalue weighted by Crippen LogP contribution is 2.37. The standard InChI is InChI=1S/C28H29N3O5S/c1-18(2)19-10-12-20(13-11-19)29-24-25(28(34)31(27(24)33)14-6-15-35-3)37-22-8-4-7-21(17-22)30-26(32)23-9-5-16-36-23/h4-5,7-13,16-18,29H,6,14-15H2,1-3H3,(H,30,32). The summed E-state index contributed by atoms with van der Waals surface area (Å²) in [6.07, 6.45) is 1.97. The van der Waals surface area contributed by atoms with Crippen LogP contribution >= 0.6 is 11.8 Å². The number of amides is 3. The average molecular weight is 520 g/mol. The van der Waals surface area contributed by atoms with E-state index in [1.807, 2.05) is 30.3 Å². The van der Waals surface area contributed by atoms with Gasteiger partial charge in [0.1, 0.15) is 10.6 Å². The Kier molecular flexibility index (Phi) is 8.47. The maximum Gasteiger partial charge on any atom is 0.291 e. The van der Waals surface area contributed by atoms with Crippen molar-refractivity contribution < 1.29 is 23.5 Å². The first-order chi connectivity index (χ1) is 17.9. The van der Waals surface area contributed by atoms with Crippen molar-refractivity contribution in [2.45, 2.75) is 31.1 Å². The van der Waals surface area contributed by atoms with Crippen LogP contribution in [-0.4, -0.2) is 42.9 Å². The van der Waals surface area contributed by atoms with Crippen LogP contribution in [0.15, 0.2) is 86.8 Å². The van der Waals surface area contributed by atoms with E-state index >= 15 is 0 Å². The van der Waals surface area contributed by atoms with Gasteiger partial charge in [-0.2, -0.15) is 0 Å². The number of carbonyl (C=O) groups is 3. The predicted octanol–water partition coefficient (Wildman–Crippen LogP) is 5.48. The van der Waals surface area contributed by atoms with Crippen molar-refractivity contribution in [2.24, 2.45) is 0 Å². The van der Waals surface area contributed by atoms with Crippen LogP contribution in [0, 0.1) is 0 Å². The Morgan fingerprint density at radius 2 is 1.81 bits per heavy atom. The number of carbonyl (C=O) groups excluding carboxylic acids is 3. The zero-order valence-electron chi connectivity index (χ0n) is 20.9. The summed E-state index contributed by atoms with van der Waals surface area (Å²) < 4.78 is 10.2. The highest BCUT2D eigenvalue weighted by atomic mass is 32.2. The maximum atomic E-state index is 13.3. The minimum Gasteiger partial charge on any atom is -0.459 e. The normalized spacial score (nSPS) is 13.6. The molecule has 0 bridgehead atoms. The second-order valence-corrected chi connectivity index (χ2v) is 9.86. The van der Waals surface area contributed by atoms with Crippen molar-refractivity contribution in [1.82, 2.24) is 4.90 Å². The summed E-state index contributed by atoms with van der Waals surface area (Å²) in [6.45, 7) is 4.92. The molecular formula is C28H29N3O5S.